The molecule has 0 rings (SSSR count). The molecule has 0 aliphatic heterocycles. The summed E-state index contributed by atoms with van der Waals surface area (Å²) < 4.78 is 0. The van der Waals surface area contributed by atoms with E-state index in [0.717, 1.165) is 38.5 Å². The van der Waals surface area contributed by atoms with Crippen LogP contribution in [0.5, 0.6) is 0 Å². The standard InChI is InChI=1S/C56H110O3/c1-4-7-10-13-16-19-22-25-28-29-30-31-33-36-39-42-45-48-51-53(50-47-44-41-38-35-32-26-23-20-17-14-11-8-5-2)55(57)54(56(58)59)52-49-46-43-40-37-34-27-24-21-18-15-12-9-6-3/h53-54H,4-52H2,1-3H3,(H,58,59). The van der Waals surface area contributed by atoms with Crippen LogP contribution < -0.4 is 0 Å². The Kier molecular flexibility index (Phi) is 49.1. The summed E-state index contributed by atoms with van der Waals surface area (Å²) in [6, 6.07) is 0. The molecular formula is C56H110O3. The van der Waals surface area contributed by atoms with Gasteiger partial charge in [0.1, 0.15) is 11.7 Å². The maximum atomic E-state index is 13.8. The summed E-state index contributed by atoms with van der Waals surface area (Å²) in [6.45, 7) is 6.87. The molecule has 3 heteroatoms. The van der Waals surface area contributed by atoms with Gasteiger partial charge in [-0.3, -0.25) is 9.59 Å². The number of carboxylic acid groups (broad SMARTS) is 1. The van der Waals surface area contributed by atoms with Crippen LogP contribution in [0.1, 0.15) is 335 Å². The van der Waals surface area contributed by atoms with Gasteiger partial charge in [0.15, 0.2) is 0 Å². The Labute approximate surface area is 372 Å². The summed E-state index contributed by atoms with van der Waals surface area (Å²) >= 11 is 0. The molecular weight excluding hydrogens is 721 g/mol. The molecule has 0 aromatic carbocycles. The van der Waals surface area contributed by atoms with Gasteiger partial charge in [-0.25, -0.2) is 0 Å². The van der Waals surface area contributed by atoms with Gasteiger partial charge in [0, 0.05) is 5.92 Å². The molecule has 0 aromatic heterocycles. The van der Waals surface area contributed by atoms with E-state index in [9.17, 15) is 14.7 Å². The quantitative estimate of drug-likeness (QED) is 0.0491. The molecule has 2 unspecified atom stereocenters. The number of ketones is 1. The molecule has 0 fully saturated rings. The molecule has 0 bridgehead atoms. The Morgan fingerprint density at radius 2 is 0.441 bits per heavy atom. The Hall–Kier alpha value is -0.860. The smallest absolute Gasteiger partial charge is 0.314 e. The Morgan fingerprint density at radius 1 is 0.271 bits per heavy atom. The fraction of sp³-hybridized carbons (Fsp3) is 0.964. The maximum Gasteiger partial charge on any atom is 0.314 e. The highest BCUT2D eigenvalue weighted by Gasteiger charge is 2.31. The van der Waals surface area contributed by atoms with Crippen molar-refractivity contribution >= 4 is 11.8 Å². The van der Waals surface area contributed by atoms with Crippen LogP contribution in [0.25, 0.3) is 0 Å². The number of aliphatic carboxylic acids is 1. The Morgan fingerprint density at radius 3 is 0.627 bits per heavy atom. The zero-order valence-corrected chi connectivity index (χ0v) is 41.1. The van der Waals surface area contributed by atoms with Crippen LogP contribution >= 0.6 is 0 Å². The van der Waals surface area contributed by atoms with Crippen molar-refractivity contribution in [1.29, 1.82) is 0 Å². The lowest BCUT2D eigenvalue weighted by Gasteiger charge is -2.20. The van der Waals surface area contributed by atoms with E-state index in [2.05, 4.69) is 20.8 Å². The molecule has 0 saturated heterocycles. The van der Waals surface area contributed by atoms with Crippen molar-refractivity contribution in [2.24, 2.45) is 11.8 Å². The van der Waals surface area contributed by atoms with Gasteiger partial charge < -0.3 is 5.11 Å². The van der Waals surface area contributed by atoms with Crippen molar-refractivity contribution < 1.29 is 14.7 Å². The van der Waals surface area contributed by atoms with E-state index in [1.54, 1.807) is 0 Å². The zero-order chi connectivity index (χ0) is 43.0. The van der Waals surface area contributed by atoms with Gasteiger partial charge in [-0.05, 0) is 19.3 Å². The Bertz CT molecular complexity index is 822. The van der Waals surface area contributed by atoms with Gasteiger partial charge in [-0.1, -0.05) is 316 Å². The van der Waals surface area contributed by atoms with Gasteiger partial charge in [0.2, 0.25) is 0 Å². The van der Waals surface area contributed by atoms with Crippen LogP contribution in [0, 0.1) is 11.8 Å². The molecule has 0 aliphatic rings. The fourth-order valence-electron chi connectivity index (χ4n) is 9.52. The van der Waals surface area contributed by atoms with Crippen LogP contribution in [0.2, 0.25) is 0 Å². The third-order valence-corrected chi connectivity index (χ3v) is 13.7. The maximum absolute atomic E-state index is 13.8. The second-order valence-electron chi connectivity index (χ2n) is 19.6. The summed E-state index contributed by atoms with van der Waals surface area (Å²) in [4.78, 5) is 26.3. The molecule has 2 atom stereocenters. The highest BCUT2D eigenvalue weighted by atomic mass is 16.4. The van der Waals surface area contributed by atoms with E-state index in [1.165, 1.54) is 270 Å². The number of carbonyl (C=O) groups is 2. The summed E-state index contributed by atoms with van der Waals surface area (Å²) in [6.07, 6.45) is 63.8. The fourth-order valence-corrected chi connectivity index (χ4v) is 9.52. The van der Waals surface area contributed by atoms with Gasteiger partial charge in [0.25, 0.3) is 0 Å². The van der Waals surface area contributed by atoms with Crippen LogP contribution in [0.4, 0.5) is 0 Å². The van der Waals surface area contributed by atoms with Gasteiger partial charge in [-0.2, -0.15) is 0 Å². The van der Waals surface area contributed by atoms with Gasteiger partial charge >= 0.3 is 5.97 Å². The van der Waals surface area contributed by atoms with E-state index in [4.69, 9.17) is 0 Å². The summed E-state index contributed by atoms with van der Waals surface area (Å²) in [5.74, 6) is -1.65. The molecule has 0 aromatic rings. The largest absolute Gasteiger partial charge is 0.481 e. The average molecular weight is 831 g/mol. The third-order valence-electron chi connectivity index (χ3n) is 13.7. The minimum Gasteiger partial charge on any atom is -0.481 e. The number of carboxylic acids is 1. The second kappa shape index (κ2) is 49.8. The predicted octanol–water partition coefficient (Wildman–Crippen LogP) is 20.0. The summed E-state index contributed by atoms with van der Waals surface area (Å²) in [5, 5.41) is 10.2. The van der Waals surface area contributed by atoms with Gasteiger partial charge in [0.05, 0.1) is 0 Å². The van der Waals surface area contributed by atoms with Crippen LogP contribution in [-0.4, -0.2) is 16.9 Å². The van der Waals surface area contributed by atoms with Crippen molar-refractivity contribution in [3.05, 3.63) is 0 Å². The number of carbonyl (C=O) groups excluding carboxylic acids is 1. The number of rotatable bonds is 52. The first-order chi connectivity index (χ1) is 29.1. The zero-order valence-electron chi connectivity index (χ0n) is 41.1. The van der Waals surface area contributed by atoms with Crippen molar-refractivity contribution in [2.45, 2.75) is 335 Å². The first-order valence-electron chi connectivity index (χ1n) is 27.8. The average Bonchev–Trinajstić information content (AvgIpc) is 3.23. The lowest BCUT2D eigenvalue weighted by molar-refractivity contribution is -0.148. The van der Waals surface area contributed by atoms with Crippen LogP contribution in [0.15, 0.2) is 0 Å². The third kappa shape index (κ3) is 43.6. The van der Waals surface area contributed by atoms with Crippen LogP contribution in [-0.2, 0) is 9.59 Å². The normalized spacial score (nSPS) is 12.7. The van der Waals surface area contributed by atoms with E-state index >= 15 is 0 Å². The number of hydrogen-bond donors (Lipinski definition) is 1. The minimum absolute atomic E-state index is 0.0545. The molecule has 1 N–H and O–H groups in total. The number of hydrogen-bond acceptors (Lipinski definition) is 2. The first kappa shape index (κ1) is 58.1. The highest BCUT2D eigenvalue weighted by molar-refractivity contribution is 5.99. The molecule has 0 heterocycles. The molecule has 59 heavy (non-hydrogen) atoms. The van der Waals surface area contributed by atoms with E-state index < -0.39 is 11.9 Å². The van der Waals surface area contributed by atoms with E-state index in [0.29, 0.717) is 6.42 Å². The first-order valence-corrected chi connectivity index (χ1v) is 27.8. The van der Waals surface area contributed by atoms with Crippen molar-refractivity contribution in [3.63, 3.8) is 0 Å². The number of unbranched alkanes of at least 4 members (excludes halogenated alkanes) is 43. The van der Waals surface area contributed by atoms with E-state index in [1.807, 2.05) is 0 Å². The monoisotopic (exact) mass is 831 g/mol. The van der Waals surface area contributed by atoms with Gasteiger partial charge in [-0.15, -0.1) is 0 Å². The molecule has 0 radical (unpaired) electrons. The van der Waals surface area contributed by atoms with Crippen molar-refractivity contribution in [2.75, 3.05) is 0 Å². The van der Waals surface area contributed by atoms with Crippen molar-refractivity contribution in [3.8, 4) is 0 Å². The highest BCUT2D eigenvalue weighted by Crippen LogP contribution is 2.27. The minimum atomic E-state index is -0.867. The molecule has 0 aliphatic carbocycles. The molecule has 352 valence electrons. The topological polar surface area (TPSA) is 54.4 Å². The second-order valence-corrected chi connectivity index (χ2v) is 19.6. The predicted molar refractivity (Wildman–Crippen MR) is 263 cm³/mol. The molecule has 0 amide bonds. The lowest BCUT2D eigenvalue weighted by Crippen LogP contribution is -2.30. The SMILES string of the molecule is CCCCCCCCCCCCCCCCCCCCC(CCCCCCCCCCCCCCCC)C(=O)C(CCCCCCCCCCCCCCCC)C(=O)O. The number of Topliss-reactive ketones (excluding diaryl/α,β-unsaturated/α-hetero) is 1. The molecule has 3 nitrogen and oxygen atoms in total. The van der Waals surface area contributed by atoms with Crippen LogP contribution in [0.3, 0.4) is 0 Å². The summed E-state index contributed by atoms with van der Waals surface area (Å²) in [5.41, 5.74) is 0. The molecule has 0 spiro atoms. The van der Waals surface area contributed by atoms with E-state index in [-0.39, 0.29) is 11.7 Å². The Balaban J connectivity index is 4.41. The van der Waals surface area contributed by atoms with Crippen molar-refractivity contribution in [1.82, 2.24) is 0 Å². The lowest BCUT2D eigenvalue weighted by atomic mass is 9.82. The summed E-state index contributed by atoms with van der Waals surface area (Å²) in [7, 11) is 0. The molecule has 0 saturated carbocycles.